The maximum Gasteiger partial charge on any atom is 0.275 e. The molecule has 0 saturated heterocycles. The molecule has 6 nitrogen and oxygen atoms in total. The van der Waals surface area contributed by atoms with Crippen molar-refractivity contribution in [2.24, 2.45) is 5.10 Å². The molecule has 5 rings (SSSR count). The van der Waals surface area contributed by atoms with Gasteiger partial charge in [0, 0.05) is 0 Å². The Morgan fingerprint density at radius 2 is 1.53 bits per heavy atom. The summed E-state index contributed by atoms with van der Waals surface area (Å²) in [5.41, 5.74) is 4.79. The summed E-state index contributed by atoms with van der Waals surface area (Å²) in [6, 6.07) is 29.4. The number of rotatable bonds is 8. The molecule has 7 heteroatoms. The van der Waals surface area contributed by atoms with Crippen LogP contribution in [0.2, 0.25) is 0 Å². The van der Waals surface area contributed by atoms with Gasteiger partial charge in [0.15, 0.2) is 11.5 Å². The summed E-state index contributed by atoms with van der Waals surface area (Å²) in [6.45, 7) is 0.382. The van der Waals surface area contributed by atoms with E-state index in [-0.39, 0.29) is 5.91 Å². The van der Waals surface area contributed by atoms with E-state index in [0.717, 1.165) is 32.7 Å². The van der Waals surface area contributed by atoms with Crippen molar-refractivity contribution < 1.29 is 19.0 Å². The zero-order valence-corrected chi connectivity index (χ0v) is 22.5. The first-order chi connectivity index (χ1) is 18.6. The van der Waals surface area contributed by atoms with Gasteiger partial charge < -0.3 is 14.2 Å². The monoisotopic (exact) mass is 568 g/mol. The van der Waals surface area contributed by atoms with Gasteiger partial charge in [0.1, 0.15) is 12.4 Å². The van der Waals surface area contributed by atoms with Crippen LogP contribution in [-0.2, 0) is 6.61 Å². The zero-order chi connectivity index (χ0) is 26.5. The maximum absolute atomic E-state index is 12.9. The molecule has 0 fully saturated rings. The first-order valence-corrected chi connectivity index (χ1v) is 12.7. The van der Waals surface area contributed by atoms with E-state index >= 15 is 0 Å². The highest BCUT2D eigenvalue weighted by atomic mass is 79.9. The van der Waals surface area contributed by atoms with Crippen LogP contribution in [0.15, 0.2) is 101 Å². The van der Waals surface area contributed by atoms with E-state index in [2.05, 4.69) is 50.7 Å². The van der Waals surface area contributed by atoms with Gasteiger partial charge in [-0.15, -0.1) is 0 Å². The molecule has 38 heavy (non-hydrogen) atoms. The van der Waals surface area contributed by atoms with Gasteiger partial charge in [-0.25, -0.2) is 5.43 Å². The Bertz CT molecular complexity index is 1660. The zero-order valence-electron chi connectivity index (χ0n) is 20.9. The molecule has 5 aromatic rings. The Labute approximate surface area is 229 Å². The molecule has 0 radical (unpaired) electrons. The number of halogens is 1. The van der Waals surface area contributed by atoms with Crippen LogP contribution < -0.4 is 19.6 Å². The van der Waals surface area contributed by atoms with Crippen molar-refractivity contribution in [2.45, 2.75) is 6.61 Å². The molecule has 190 valence electrons. The molecular formula is C31H25BrN2O4. The average Bonchev–Trinajstić information content (AvgIpc) is 2.95. The quantitative estimate of drug-likeness (QED) is 0.160. The smallest absolute Gasteiger partial charge is 0.275 e. The van der Waals surface area contributed by atoms with Gasteiger partial charge >= 0.3 is 0 Å². The third-order valence-corrected chi connectivity index (χ3v) is 6.78. The van der Waals surface area contributed by atoms with Crippen LogP contribution in [0.4, 0.5) is 0 Å². The van der Waals surface area contributed by atoms with E-state index in [1.165, 1.54) is 7.11 Å². The minimum Gasteiger partial charge on any atom is -0.496 e. The van der Waals surface area contributed by atoms with Crippen LogP contribution in [0.25, 0.3) is 21.5 Å². The lowest BCUT2D eigenvalue weighted by molar-refractivity contribution is 0.0952. The normalized spacial score (nSPS) is 11.1. The second kappa shape index (κ2) is 11.4. The Kier molecular flexibility index (Phi) is 7.56. The van der Waals surface area contributed by atoms with E-state index in [0.29, 0.717) is 33.9 Å². The lowest BCUT2D eigenvalue weighted by atomic mass is 10.1. The highest BCUT2D eigenvalue weighted by Crippen LogP contribution is 2.37. The number of ether oxygens (including phenoxy) is 3. The van der Waals surface area contributed by atoms with E-state index in [1.54, 1.807) is 25.5 Å². The minimum absolute atomic E-state index is 0.370. The molecule has 0 heterocycles. The number of hydrazone groups is 1. The second-order valence-corrected chi connectivity index (χ2v) is 9.41. The number of hydrogen-bond acceptors (Lipinski definition) is 5. The topological polar surface area (TPSA) is 69.2 Å². The van der Waals surface area contributed by atoms with Crippen LogP contribution in [-0.4, -0.2) is 26.3 Å². The number of benzene rings is 5. The molecule has 0 aliphatic carbocycles. The Morgan fingerprint density at radius 3 is 2.29 bits per heavy atom. The number of methoxy groups -OCH3 is 2. The van der Waals surface area contributed by atoms with Crippen molar-refractivity contribution in [1.29, 1.82) is 0 Å². The van der Waals surface area contributed by atoms with Gasteiger partial charge in [-0.1, -0.05) is 66.7 Å². The number of hydrogen-bond donors (Lipinski definition) is 1. The Balaban J connectivity index is 1.32. The number of nitrogens with zero attached hydrogens (tertiary/aromatic N) is 1. The fourth-order valence-electron chi connectivity index (χ4n) is 4.31. The first-order valence-electron chi connectivity index (χ1n) is 11.9. The average molecular weight is 569 g/mol. The molecule has 1 N–H and O–H groups in total. The fraction of sp³-hybridized carbons (Fsp3) is 0.0968. The summed E-state index contributed by atoms with van der Waals surface area (Å²) in [7, 11) is 3.12. The van der Waals surface area contributed by atoms with Gasteiger partial charge in [-0.2, -0.15) is 5.10 Å². The molecule has 0 bridgehead atoms. The number of carbonyl (C=O) groups excluding carboxylic acids is 1. The third kappa shape index (κ3) is 5.33. The number of carbonyl (C=O) groups is 1. The molecule has 0 unspecified atom stereocenters. The standard InChI is InChI=1S/C31H25BrN2O4/c1-36-28-17-23-10-4-3-9-22(23)16-26(28)31(35)34-33-18-20-14-27(32)30(29(15-20)37-2)38-19-24-12-7-11-21-8-5-6-13-25(21)24/h3-18H,19H2,1-2H3,(H,34,35)/b33-18+. The maximum atomic E-state index is 12.9. The van der Waals surface area contributed by atoms with Crippen molar-refractivity contribution in [1.82, 2.24) is 5.43 Å². The van der Waals surface area contributed by atoms with Gasteiger partial charge in [0.05, 0.1) is 30.5 Å². The summed E-state index contributed by atoms with van der Waals surface area (Å²) in [5.74, 6) is 1.24. The second-order valence-electron chi connectivity index (χ2n) is 8.56. The molecule has 0 spiro atoms. The summed E-state index contributed by atoms with van der Waals surface area (Å²) in [4.78, 5) is 12.9. The van der Waals surface area contributed by atoms with E-state index in [1.807, 2.05) is 54.6 Å². The Morgan fingerprint density at radius 1 is 0.842 bits per heavy atom. The van der Waals surface area contributed by atoms with Gasteiger partial charge in [0.25, 0.3) is 5.91 Å². The van der Waals surface area contributed by atoms with Crippen LogP contribution in [0.5, 0.6) is 17.2 Å². The van der Waals surface area contributed by atoms with Crippen LogP contribution in [0.1, 0.15) is 21.5 Å². The molecule has 0 aliphatic rings. The van der Waals surface area contributed by atoms with Crippen LogP contribution >= 0.6 is 15.9 Å². The first kappa shape index (κ1) is 25.3. The molecule has 0 aliphatic heterocycles. The number of amides is 1. The molecule has 0 saturated carbocycles. The predicted octanol–water partition coefficient (Wildman–Crippen LogP) is 7.12. The number of fused-ring (bicyclic) bond motifs is 2. The third-order valence-electron chi connectivity index (χ3n) is 6.20. The molecule has 0 atom stereocenters. The molecule has 0 aromatic heterocycles. The van der Waals surface area contributed by atoms with Gasteiger partial charge in [0.2, 0.25) is 0 Å². The predicted molar refractivity (Wildman–Crippen MR) is 155 cm³/mol. The SMILES string of the molecule is COc1cc2ccccc2cc1C(=O)N/N=C/c1cc(Br)c(OCc2cccc3ccccc23)c(OC)c1. The highest BCUT2D eigenvalue weighted by Gasteiger charge is 2.14. The fourth-order valence-corrected chi connectivity index (χ4v) is 4.89. The molecular weight excluding hydrogens is 544 g/mol. The summed E-state index contributed by atoms with van der Waals surface area (Å²) in [6.07, 6.45) is 1.55. The summed E-state index contributed by atoms with van der Waals surface area (Å²) < 4.78 is 17.9. The van der Waals surface area contributed by atoms with E-state index in [9.17, 15) is 4.79 Å². The van der Waals surface area contributed by atoms with E-state index < -0.39 is 0 Å². The van der Waals surface area contributed by atoms with Crippen molar-refractivity contribution in [3.8, 4) is 17.2 Å². The van der Waals surface area contributed by atoms with Crippen LogP contribution in [0.3, 0.4) is 0 Å². The van der Waals surface area contributed by atoms with Crippen molar-refractivity contribution in [3.63, 3.8) is 0 Å². The van der Waals surface area contributed by atoms with Crippen molar-refractivity contribution in [3.05, 3.63) is 112 Å². The van der Waals surface area contributed by atoms with Crippen molar-refractivity contribution in [2.75, 3.05) is 14.2 Å². The minimum atomic E-state index is -0.370. The Hall–Kier alpha value is -4.36. The van der Waals surface area contributed by atoms with Crippen LogP contribution in [0, 0.1) is 0 Å². The van der Waals surface area contributed by atoms with Crippen molar-refractivity contribution >= 4 is 49.6 Å². The lowest BCUT2D eigenvalue weighted by Gasteiger charge is -2.14. The highest BCUT2D eigenvalue weighted by molar-refractivity contribution is 9.10. The van der Waals surface area contributed by atoms with Gasteiger partial charge in [-0.3, -0.25) is 4.79 Å². The summed E-state index contributed by atoms with van der Waals surface area (Å²) in [5, 5.41) is 8.39. The summed E-state index contributed by atoms with van der Waals surface area (Å²) >= 11 is 3.59. The molecule has 1 amide bonds. The number of nitrogens with one attached hydrogen (secondary N) is 1. The molecule has 5 aromatic carbocycles. The van der Waals surface area contributed by atoms with E-state index in [4.69, 9.17) is 14.2 Å². The lowest BCUT2D eigenvalue weighted by Crippen LogP contribution is -2.18. The largest absolute Gasteiger partial charge is 0.496 e. The van der Waals surface area contributed by atoms with Gasteiger partial charge in [-0.05, 0) is 72.9 Å².